The topological polar surface area (TPSA) is 68.3 Å². The van der Waals surface area contributed by atoms with E-state index in [1.165, 1.54) is 0 Å². The van der Waals surface area contributed by atoms with E-state index >= 15 is 0 Å². The smallest absolute Gasteiger partial charge is 0.362 e. The number of epoxide rings is 1. The summed E-state index contributed by atoms with van der Waals surface area (Å²) in [4.78, 5) is 24.4. The Labute approximate surface area is 68.6 Å². The van der Waals surface area contributed by atoms with Crippen LogP contribution in [0.2, 0.25) is 0 Å². The fourth-order valence-corrected chi connectivity index (χ4v) is 0.669. The molecule has 1 aliphatic heterocycles. The molecule has 0 spiro atoms. The summed E-state index contributed by atoms with van der Waals surface area (Å²) in [6, 6.07) is 0. The molecule has 5 nitrogen and oxygen atoms in total. The second-order valence-electron chi connectivity index (χ2n) is 2.32. The van der Waals surface area contributed by atoms with Crippen LogP contribution >= 0.6 is 0 Å². The normalized spacial score (nSPS) is 19.2. The maximum Gasteiger partial charge on any atom is 0.362 e. The molecule has 1 aliphatic rings. The van der Waals surface area contributed by atoms with E-state index in [1.54, 1.807) is 0 Å². The van der Waals surface area contributed by atoms with Crippen LogP contribution in [0.15, 0.2) is 17.3 Å². The molecule has 0 N–H and O–H groups in total. The third kappa shape index (κ3) is 2.65. The van der Waals surface area contributed by atoms with E-state index in [0.717, 1.165) is 6.08 Å². The minimum atomic E-state index is -0.714. The van der Waals surface area contributed by atoms with Crippen molar-refractivity contribution in [2.45, 2.75) is 12.5 Å². The third-order valence-corrected chi connectivity index (χ3v) is 1.33. The summed E-state index contributed by atoms with van der Waals surface area (Å²) in [7, 11) is 0. The van der Waals surface area contributed by atoms with Crippen molar-refractivity contribution in [3.05, 3.63) is 12.2 Å². The lowest BCUT2D eigenvalue weighted by Crippen LogP contribution is -2.05. The molecule has 1 rings (SSSR count). The average molecular weight is 169 g/mol. The largest absolute Gasteiger partial charge is 0.373 e. The predicted octanol–water partition coefficient (Wildman–Crippen LogP) is 0.125. The average Bonchev–Trinajstić information content (AvgIpc) is 2.83. The summed E-state index contributed by atoms with van der Waals surface area (Å²) in [5.41, 5.74) is 0.247. The summed E-state index contributed by atoms with van der Waals surface area (Å²) in [6.45, 7) is 4.09. The number of carbonyl (C=O) groups is 1. The standard InChI is InChI=1S/C7H7NO4/c1-5(2-6-3-11-6)7(10)12-8-4-9/h6H,1-3H2. The van der Waals surface area contributed by atoms with Crippen molar-refractivity contribution in [2.75, 3.05) is 6.61 Å². The van der Waals surface area contributed by atoms with Crippen molar-refractivity contribution in [1.29, 1.82) is 0 Å². The lowest BCUT2D eigenvalue weighted by atomic mass is 10.2. The van der Waals surface area contributed by atoms with E-state index in [2.05, 4.69) is 16.6 Å². The Kier molecular flexibility index (Phi) is 2.74. The molecule has 0 aromatic rings. The molecule has 0 bridgehead atoms. The van der Waals surface area contributed by atoms with Crippen LogP contribution in [0.1, 0.15) is 6.42 Å². The van der Waals surface area contributed by atoms with Crippen LogP contribution < -0.4 is 0 Å². The van der Waals surface area contributed by atoms with Crippen LogP contribution in [0.5, 0.6) is 0 Å². The highest BCUT2D eigenvalue weighted by molar-refractivity contribution is 5.87. The van der Waals surface area contributed by atoms with Gasteiger partial charge in [0.25, 0.3) is 6.08 Å². The van der Waals surface area contributed by atoms with E-state index in [-0.39, 0.29) is 11.7 Å². The van der Waals surface area contributed by atoms with Crippen LogP contribution in [0.25, 0.3) is 0 Å². The van der Waals surface area contributed by atoms with Crippen molar-refractivity contribution in [3.8, 4) is 0 Å². The summed E-state index contributed by atoms with van der Waals surface area (Å²) in [5.74, 6) is -0.714. The molecule has 0 saturated carbocycles. The number of hydrogen-bond acceptors (Lipinski definition) is 5. The van der Waals surface area contributed by atoms with Crippen LogP contribution in [-0.2, 0) is 19.2 Å². The highest BCUT2D eigenvalue weighted by Gasteiger charge is 2.25. The molecule has 0 aromatic heterocycles. The molecule has 64 valence electrons. The first-order valence-electron chi connectivity index (χ1n) is 3.32. The Hall–Kier alpha value is -1.45. The molecular formula is C7H7NO4. The van der Waals surface area contributed by atoms with Gasteiger partial charge in [0.05, 0.1) is 12.7 Å². The maximum atomic E-state index is 10.8. The van der Waals surface area contributed by atoms with E-state index in [0.29, 0.717) is 13.0 Å². The fraction of sp³-hybridized carbons (Fsp3) is 0.429. The Morgan fingerprint density at radius 2 is 2.50 bits per heavy atom. The van der Waals surface area contributed by atoms with Gasteiger partial charge in [-0.3, -0.25) is 0 Å². The zero-order chi connectivity index (χ0) is 8.97. The molecular weight excluding hydrogens is 162 g/mol. The zero-order valence-corrected chi connectivity index (χ0v) is 6.28. The highest BCUT2D eigenvalue weighted by Crippen LogP contribution is 2.18. The van der Waals surface area contributed by atoms with Crippen molar-refractivity contribution < 1.29 is 19.2 Å². The number of hydrogen-bond donors (Lipinski definition) is 0. The Morgan fingerprint density at radius 1 is 1.83 bits per heavy atom. The first kappa shape index (κ1) is 8.64. The second kappa shape index (κ2) is 3.80. The molecule has 1 unspecified atom stereocenters. The van der Waals surface area contributed by atoms with Gasteiger partial charge in [0, 0.05) is 17.1 Å². The second-order valence-corrected chi connectivity index (χ2v) is 2.32. The molecule has 12 heavy (non-hydrogen) atoms. The van der Waals surface area contributed by atoms with Gasteiger partial charge in [-0.1, -0.05) is 6.58 Å². The van der Waals surface area contributed by atoms with Gasteiger partial charge in [-0.05, 0) is 0 Å². The van der Waals surface area contributed by atoms with Gasteiger partial charge in [0.15, 0.2) is 0 Å². The van der Waals surface area contributed by atoms with Crippen molar-refractivity contribution in [1.82, 2.24) is 0 Å². The van der Waals surface area contributed by atoms with Gasteiger partial charge in [0.1, 0.15) is 0 Å². The first-order valence-corrected chi connectivity index (χ1v) is 3.32. The van der Waals surface area contributed by atoms with Crippen molar-refractivity contribution in [2.24, 2.45) is 5.16 Å². The monoisotopic (exact) mass is 169 g/mol. The molecule has 0 radical (unpaired) electrons. The number of ether oxygens (including phenoxy) is 1. The predicted molar refractivity (Wildman–Crippen MR) is 37.7 cm³/mol. The van der Waals surface area contributed by atoms with E-state index < -0.39 is 5.97 Å². The van der Waals surface area contributed by atoms with Crippen LogP contribution in [0.3, 0.4) is 0 Å². The molecule has 1 heterocycles. The van der Waals surface area contributed by atoms with Crippen LogP contribution in [-0.4, -0.2) is 24.8 Å². The molecule has 0 aromatic carbocycles. The van der Waals surface area contributed by atoms with Gasteiger partial charge in [-0.15, -0.1) is 0 Å². The van der Waals surface area contributed by atoms with Gasteiger partial charge in [0.2, 0.25) is 0 Å². The third-order valence-electron chi connectivity index (χ3n) is 1.33. The molecule has 0 amide bonds. The lowest BCUT2D eigenvalue weighted by Gasteiger charge is -1.96. The molecule has 5 heteroatoms. The van der Waals surface area contributed by atoms with Gasteiger partial charge >= 0.3 is 5.97 Å². The minimum Gasteiger partial charge on any atom is -0.373 e. The van der Waals surface area contributed by atoms with Crippen LogP contribution in [0, 0.1) is 0 Å². The zero-order valence-electron chi connectivity index (χ0n) is 6.28. The Morgan fingerprint density at radius 3 is 3.00 bits per heavy atom. The molecule has 1 fully saturated rings. The van der Waals surface area contributed by atoms with Gasteiger partial charge in [-0.2, -0.15) is 0 Å². The van der Waals surface area contributed by atoms with E-state index in [4.69, 9.17) is 4.74 Å². The quantitative estimate of drug-likeness (QED) is 0.150. The molecule has 1 saturated heterocycles. The molecule has 0 aliphatic carbocycles. The summed E-state index contributed by atoms with van der Waals surface area (Å²) < 4.78 is 4.86. The number of isocyanates is 1. The highest BCUT2D eigenvalue weighted by atomic mass is 16.7. The Balaban J connectivity index is 2.29. The van der Waals surface area contributed by atoms with Gasteiger partial charge < -0.3 is 9.57 Å². The minimum absolute atomic E-state index is 0.0743. The summed E-state index contributed by atoms with van der Waals surface area (Å²) >= 11 is 0. The maximum absolute atomic E-state index is 10.8. The number of rotatable bonds is 4. The summed E-state index contributed by atoms with van der Waals surface area (Å²) in [5, 5.41) is 2.66. The number of nitrogens with zero attached hydrogens (tertiary/aromatic N) is 1. The molecule has 1 atom stereocenters. The number of carbonyl (C=O) groups excluding carboxylic acids is 2. The fourth-order valence-electron chi connectivity index (χ4n) is 0.669. The SMILES string of the molecule is C=C(CC1CO1)C(=O)ON=C=O. The van der Waals surface area contributed by atoms with Gasteiger partial charge in [-0.25, -0.2) is 9.59 Å². The first-order chi connectivity index (χ1) is 5.74. The van der Waals surface area contributed by atoms with Crippen molar-refractivity contribution in [3.63, 3.8) is 0 Å². The lowest BCUT2D eigenvalue weighted by molar-refractivity contribution is -0.139. The van der Waals surface area contributed by atoms with Crippen molar-refractivity contribution >= 4 is 12.0 Å². The Bertz CT molecular complexity index is 250. The van der Waals surface area contributed by atoms with E-state index in [1.807, 2.05) is 0 Å². The van der Waals surface area contributed by atoms with Crippen LogP contribution in [0.4, 0.5) is 0 Å². The van der Waals surface area contributed by atoms with E-state index in [9.17, 15) is 9.59 Å². The summed E-state index contributed by atoms with van der Waals surface area (Å²) in [6.07, 6.45) is 1.58.